The molecule has 3 rings (SSSR count). The average molecular weight is 470 g/mol. The Morgan fingerprint density at radius 2 is 1.85 bits per heavy atom. The van der Waals surface area contributed by atoms with Crippen LogP contribution in [0.15, 0.2) is 47.1 Å². The molecule has 0 bridgehead atoms. The van der Waals surface area contributed by atoms with Crippen LogP contribution in [0.5, 0.6) is 0 Å². The molecule has 8 heteroatoms. The molecule has 0 spiro atoms. The molecule has 1 aromatic carbocycles. The van der Waals surface area contributed by atoms with Crippen LogP contribution in [0.4, 0.5) is 0 Å². The van der Waals surface area contributed by atoms with Crippen molar-refractivity contribution in [1.82, 2.24) is 15.5 Å². The Bertz CT molecular complexity index is 920. The lowest BCUT2D eigenvalue weighted by atomic mass is 9.94. The van der Waals surface area contributed by atoms with E-state index in [1.54, 1.807) is 13.2 Å². The Morgan fingerprint density at radius 3 is 2.47 bits per heavy atom. The van der Waals surface area contributed by atoms with Gasteiger partial charge in [0.1, 0.15) is 6.04 Å². The molecule has 1 heterocycles. The third kappa shape index (κ3) is 6.93. The molecule has 2 N–H and O–H groups in total. The van der Waals surface area contributed by atoms with Gasteiger partial charge >= 0.3 is 0 Å². The average Bonchev–Trinajstić information content (AvgIpc) is 3.41. The fourth-order valence-corrected chi connectivity index (χ4v) is 4.28. The highest BCUT2D eigenvalue weighted by Gasteiger charge is 2.33. The predicted octanol–water partition coefficient (Wildman–Crippen LogP) is 3.24. The van der Waals surface area contributed by atoms with Gasteiger partial charge in [-0.25, -0.2) is 0 Å². The number of ether oxygens (including phenoxy) is 1. The second-order valence-corrected chi connectivity index (χ2v) is 8.58. The van der Waals surface area contributed by atoms with Crippen molar-refractivity contribution in [3.05, 3.63) is 59.5 Å². The number of benzene rings is 1. The van der Waals surface area contributed by atoms with Gasteiger partial charge in [-0.15, -0.1) is 0 Å². The van der Waals surface area contributed by atoms with Crippen molar-refractivity contribution in [1.29, 1.82) is 0 Å². The number of amides is 3. The zero-order valence-electron chi connectivity index (χ0n) is 20.0. The molecule has 0 aliphatic heterocycles. The maximum absolute atomic E-state index is 13.6. The zero-order valence-corrected chi connectivity index (χ0v) is 20.0. The highest BCUT2D eigenvalue weighted by atomic mass is 16.5. The van der Waals surface area contributed by atoms with E-state index >= 15 is 0 Å². The molecule has 1 fully saturated rings. The van der Waals surface area contributed by atoms with E-state index in [2.05, 4.69) is 17.6 Å². The largest absolute Gasteiger partial charge is 0.459 e. The third-order valence-corrected chi connectivity index (χ3v) is 6.22. The Balaban J connectivity index is 1.82. The molecule has 8 nitrogen and oxygen atoms in total. The number of methoxy groups -OCH3 is 1. The van der Waals surface area contributed by atoms with Crippen LogP contribution in [-0.4, -0.2) is 55.5 Å². The summed E-state index contributed by atoms with van der Waals surface area (Å²) >= 11 is 0. The summed E-state index contributed by atoms with van der Waals surface area (Å²) in [6.45, 7) is 2.28. The van der Waals surface area contributed by atoms with Crippen molar-refractivity contribution in [2.45, 2.75) is 57.5 Å². The number of carbonyl (C=O) groups is 3. The highest BCUT2D eigenvalue weighted by molar-refractivity contribution is 5.95. The first-order chi connectivity index (χ1) is 16.5. The van der Waals surface area contributed by atoms with Crippen LogP contribution in [0, 0.1) is 0 Å². The van der Waals surface area contributed by atoms with Crippen molar-refractivity contribution in [2.24, 2.45) is 0 Å². The lowest BCUT2D eigenvalue weighted by molar-refractivity contribution is -0.141. The van der Waals surface area contributed by atoms with Crippen molar-refractivity contribution in [3.8, 4) is 0 Å². The molecule has 2 aromatic rings. The van der Waals surface area contributed by atoms with E-state index in [0.29, 0.717) is 0 Å². The first kappa shape index (κ1) is 25.5. The summed E-state index contributed by atoms with van der Waals surface area (Å²) in [6, 6.07) is 10.2. The summed E-state index contributed by atoms with van der Waals surface area (Å²) in [5.41, 5.74) is 1.88. The van der Waals surface area contributed by atoms with Gasteiger partial charge in [-0.1, -0.05) is 50.5 Å². The quantitative estimate of drug-likeness (QED) is 0.526. The first-order valence-electron chi connectivity index (χ1n) is 12.0. The molecule has 3 amide bonds. The van der Waals surface area contributed by atoms with Gasteiger partial charge in [0.05, 0.1) is 19.4 Å². The monoisotopic (exact) mass is 469 g/mol. The second-order valence-electron chi connectivity index (χ2n) is 8.58. The van der Waals surface area contributed by atoms with Gasteiger partial charge in [0.25, 0.3) is 5.91 Å². The molecule has 1 aliphatic carbocycles. The van der Waals surface area contributed by atoms with Gasteiger partial charge < -0.3 is 24.7 Å². The smallest absolute Gasteiger partial charge is 0.287 e. The van der Waals surface area contributed by atoms with Gasteiger partial charge in [-0.05, 0) is 42.5 Å². The van der Waals surface area contributed by atoms with E-state index in [4.69, 9.17) is 9.15 Å². The number of furan rings is 1. The number of nitrogens with zero attached hydrogens (tertiary/aromatic N) is 1. The summed E-state index contributed by atoms with van der Waals surface area (Å²) in [5, 5.41) is 5.76. The predicted molar refractivity (Wildman–Crippen MR) is 128 cm³/mol. The Kier molecular flexibility index (Phi) is 9.70. The van der Waals surface area contributed by atoms with Gasteiger partial charge in [0.2, 0.25) is 11.8 Å². The van der Waals surface area contributed by atoms with Crippen LogP contribution in [0.3, 0.4) is 0 Å². The summed E-state index contributed by atoms with van der Waals surface area (Å²) in [6.07, 6.45) is 7.52. The SMILES string of the molecule is CCc1ccc([C@@H](C(=O)NC2CCCCC2)N(CCOC)C(=O)CNC(=O)c2ccco2)cc1. The van der Waals surface area contributed by atoms with E-state index in [0.717, 1.165) is 43.2 Å². The molecule has 34 heavy (non-hydrogen) atoms. The van der Waals surface area contributed by atoms with Gasteiger partial charge in [-0.3, -0.25) is 14.4 Å². The van der Waals surface area contributed by atoms with E-state index in [9.17, 15) is 14.4 Å². The lowest BCUT2D eigenvalue weighted by Crippen LogP contribution is -2.50. The van der Waals surface area contributed by atoms with Crippen LogP contribution < -0.4 is 10.6 Å². The van der Waals surface area contributed by atoms with Crippen molar-refractivity contribution in [2.75, 3.05) is 26.8 Å². The minimum Gasteiger partial charge on any atom is -0.459 e. The van der Waals surface area contributed by atoms with Crippen molar-refractivity contribution < 1.29 is 23.5 Å². The van der Waals surface area contributed by atoms with Crippen molar-refractivity contribution >= 4 is 17.7 Å². The minimum atomic E-state index is -0.823. The molecule has 184 valence electrons. The lowest BCUT2D eigenvalue weighted by Gasteiger charge is -2.33. The minimum absolute atomic E-state index is 0.108. The van der Waals surface area contributed by atoms with Crippen LogP contribution in [0.1, 0.15) is 66.8 Å². The van der Waals surface area contributed by atoms with Crippen LogP contribution in [0.25, 0.3) is 0 Å². The number of rotatable bonds is 11. The van der Waals surface area contributed by atoms with E-state index in [1.807, 2.05) is 24.3 Å². The standard InChI is InChI=1S/C26H35N3O5/c1-3-19-11-13-20(14-12-19)24(26(32)28-21-8-5-4-6-9-21)29(15-17-33-2)23(30)18-27-25(31)22-10-7-16-34-22/h7,10-14,16,21,24H,3-6,8-9,15,17-18H2,1-2H3,(H,27,31)(H,28,32)/t24-/m0/s1. The normalized spacial score (nSPS) is 14.9. The Hall–Kier alpha value is -3.13. The van der Waals surface area contributed by atoms with Gasteiger partial charge in [0.15, 0.2) is 5.76 Å². The summed E-state index contributed by atoms with van der Waals surface area (Å²) in [4.78, 5) is 40.6. The summed E-state index contributed by atoms with van der Waals surface area (Å²) < 4.78 is 10.3. The highest BCUT2D eigenvalue weighted by Crippen LogP contribution is 2.24. The Labute approximate surface area is 201 Å². The molecule has 1 atom stereocenters. The fraction of sp³-hybridized carbons (Fsp3) is 0.500. The van der Waals surface area contributed by atoms with E-state index in [1.165, 1.54) is 23.7 Å². The van der Waals surface area contributed by atoms with E-state index < -0.39 is 11.9 Å². The number of hydrogen-bond acceptors (Lipinski definition) is 5. The number of aryl methyl sites for hydroxylation is 1. The van der Waals surface area contributed by atoms with Crippen LogP contribution in [0.2, 0.25) is 0 Å². The molecular formula is C26H35N3O5. The van der Waals surface area contributed by atoms with Crippen LogP contribution >= 0.6 is 0 Å². The van der Waals surface area contributed by atoms with Crippen molar-refractivity contribution in [3.63, 3.8) is 0 Å². The van der Waals surface area contributed by atoms with Gasteiger partial charge in [0, 0.05) is 19.7 Å². The number of hydrogen-bond donors (Lipinski definition) is 2. The molecule has 1 saturated carbocycles. The molecule has 1 aromatic heterocycles. The maximum atomic E-state index is 13.6. The topological polar surface area (TPSA) is 101 Å². The molecule has 0 saturated heterocycles. The third-order valence-electron chi connectivity index (χ3n) is 6.22. The molecule has 0 radical (unpaired) electrons. The van der Waals surface area contributed by atoms with Crippen LogP contribution in [-0.2, 0) is 20.7 Å². The number of carbonyl (C=O) groups excluding carboxylic acids is 3. The molecular weight excluding hydrogens is 434 g/mol. The maximum Gasteiger partial charge on any atom is 0.287 e. The van der Waals surface area contributed by atoms with Gasteiger partial charge in [-0.2, -0.15) is 0 Å². The molecule has 1 aliphatic rings. The van der Waals surface area contributed by atoms with E-state index in [-0.39, 0.29) is 43.3 Å². The summed E-state index contributed by atoms with van der Waals surface area (Å²) in [5.74, 6) is -0.947. The molecule has 0 unspecified atom stereocenters. The first-order valence-corrected chi connectivity index (χ1v) is 12.0. The zero-order chi connectivity index (χ0) is 24.3. The fourth-order valence-electron chi connectivity index (χ4n) is 4.28. The Morgan fingerprint density at radius 1 is 1.12 bits per heavy atom. The number of nitrogens with one attached hydrogen (secondary N) is 2. The summed E-state index contributed by atoms with van der Waals surface area (Å²) in [7, 11) is 1.55. The second kappa shape index (κ2) is 12.9.